The van der Waals surface area contributed by atoms with E-state index >= 15 is 0 Å². The lowest BCUT2D eigenvalue weighted by Crippen LogP contribution is -2.32. The highest BCUT2D eigenvalue weighted by atomic mass is 32.1. The van der Waals surface area contributed by atoms with Crippen molar-refractivity contribution >= 4 is 34.8 Å². The summed E-state index contributed by atoms with van der Waals surface area (Å²) in [5.74, 6) is -0.125. The molecule has 0 unspecified atom stereocenters. The number of amides is 3. The second-order valence-electron chi connectivity index (χ2n) is 4.93. The van der Waals surface area contributed by atoms with E-state index in [4.69, 9.17) is 18.0 Å². The summed E-state index contributed by atoms with van der Waals surface area (Å²) in [5.41, 5.74) is 6.95. The summed E-state index contributed by atoms with van der Waals surface area (Å²) in [7, 11) is 1.76. The molecule has 21 heavy (non-hydrogen) atoms. The average Bonchev–Trinajstić information content (AvgIpc) is 2.77. The highest BCUT2D eigenvalue weighted by molar-refractivity contribution is 7.80. The normalized spacial score (nSPS) is 14.4. The zero-order valence-electron chi connectivity index (χ0n) is 11.8. The van der Waals surface area contributed by atoms with Gasteiger partial charge in [0.05, 0.1) is 0 Å². The summed E-state index contributed by atoms with van der Waals surface area (Å²) in [5, 5.41) is 2.78. The van der Waals surface area contributed by atoms with Crippen molar-refractivity contribution in [3.05, 3.63) is 29.8 Å². The molecule has 0 saturated carbocycles. The molecular formula is C14H18N4O2S. The van der Waals surface area contributed by atoms with Gasteiger partial charge in [-0.2, -0.15) is 0 Å². The van der Waals surface area contributed by atoms with Crippen LogP contribution in [0, 0.1) is 0 Å². The number of nitrogens with two attached hydrogens (primary N) is 1. The summed E-state index contributed by atoms with van der Waals surface area (Å²) in [6.07, 6.45) is 0.274. The third-order valence-corrected chi connectivity index (χ3v) is 3.60. The molecule has 1 heterocycles. The first-order valence-corrected chi connectivity index (χ1v) is 7.08. The van der Waals surface area contributed by atoms with Crippen LogP contribution >= 0.6 is 12.2 Å². The van der Waals surface area contributed by atoms with Crippen LogP contribution in [0.5, 0.6) is 0 Å². The molecule has 0 atom stereocenters. The first-order valence-electron chi connectivity index (χ1n) is 6.67. The SMILES string of the molecule is CN1CCN(CCC(=O)Nc2ccc(C(N)=S)cc2)C1=O. The minimum Gasteiger partial charge on any atom is -0.389 e. The minimum absolute atomic E-state index is 0.0244. The van der Waals surface area contributed by atoms with Gasteiger partial charge in [-0.05, 0) is 24.3 Å². The minimum atomic E-state index is -0.125. The molecule has 6 nitrogen and oxygen atoms in total. The zero-order chi connectivity index (χ0) is 15.4. The first-order chi connectivity index (χ1) is 9.97. The molecule has 1 aromatic rings. The molecule has 7 heteroatoms. The summed E-state index contributed by atoms with van der Waals surface area (Å²) in [6.45, 7) is 1.81. The molecule has 0 aliphatic carbocycles. The number of nitrogens with one attached hydrogen (secondary N) is 1. The molecular weight excluding hydrogens is 288 g/mol. The van der Waals surface area contributed by atoms with Crippen molar-refractivity contribution in [1.82, 2.24) is 9.80 Å². The standard InChI is InChI=1S/C14H18N4O2S/c1-17-8-9-18(14(17)20)7-6-12(19)16-11-4-2-10(3-5-11)13(15)21/h2-5H,6-9H2,1H3,(H2,15,21)(H,16,19). The van der Waals surface area contributed by atoms with Gasteiger partial charge in [0.25, 0.3) is 0 Å². The lowest BCUT2D eigenvalue weighted by atomic mass is 10.2. The number of urea groups is 1. The fraction of sp³-hybridized carbons (Fsp3) is 0.357. The van der Waals surface area contributed by atoms with Crippen molar-refractivity contribution in [2.75, 3.05) is 32.0 Å². The first kappa shape index (κ1) is 15.2. The van der Waals surface area contributed by atoms with Crippen LogP contribution in [0.3, 0.4) is 0 Å². The Morgan fingerprint density at radius 3 is 2.52 bits per heavy atom. The van der Waals surface area contributed by atoms with Crippen LogP contribution in [-0.2, 0) is 4.79 Å². The number of likely N-dealkylation sites (N-methyl/N-ethyl adjacent to an activating group) is 1. The molecule has 1 aliphatic rings. The van der Waals surface area contributed by atoms with E-state index in [1.165, 1.54) is 0 Å². The third-order valence-electron chi connectivity index (χ3n) is 3.36. The van der Waals surface area contributed by atoms with E-state index in [1.807, 2.05) is 0 Å². The van der Waals surface area contributed by atoms with Gasteiger partial charge in [0.2, 0.25) is 5.91 Å². The lowest BCUT2D eigenvalue weighted by Gasteiger charge is -2.15. The van der Waals surface area contributed by atoms with E-state index in [0.29, 0.717) is 30.3 Å². The van der Waals surface area contributed by atoms with Crippen LogP contribution in [0.2, 0.25) is 0 Å². The van der Waals surface area contributed by atoms with Crippen molar-refractivity contribution in [3.63, 3.8) is 0 Å². The van der Waals surface area contributed by atoms with Gasteiger partial charge in [0.15, 0.2) is 0 Å². The largest absolute Gasteiger partial charge is 0.389 e. The van der Waals surface area contributed by atoms with Crippen molar-refractivity contribution < 1.29 is 9.59 Å². The Hall–Kier alpha value is -2.15. The monoisotopic (exact) mass is 306 g/mol. The second kappa shape index (κ2) is 6.53. The number of carbonyl (C=O) groups is 2. The molecule has 0 aromatic heterocycles. The summed E-state index contributed by atoms with van der Waals surface area (Å²) >= 11 is 4.87. The number of benzene rings is 1. The van der Waals surface area contributed by atoms with Crippen molar-refractivity contribution in [3.8, 4) is 0 Å². The molecule has 0 radical (unpaired) electrons. The number of hydrogen-bond acceptors (Lipinski definition) is 3. The Bertz CT molecular complexity index is 559. The second-order valence-corrected chi connectivity index (χ2v) is 5.37. The van der Waals surface area contributed by atoms with Gasteiger partial charge < -0.3 is 20.9 Å². The number of anilines is 1. The maximum absolute atomic E-state index is 11.9. The molecule has 1 saturated heterocycles. The fourth-order valence-corrected chi connectivity index (χ4v) is 2.22. The Kier molecular flexibility index (Phi) is 4.74. The van der Waals surface area contributed by atoms with E-state index in [0.717, 1.165) is 5.56 Å². The van der Waals surface area contributed by atoms with E-state index < -0.39 is 0 Å². The molecule has 0 bridgehead atoms. The molecule has 112 valence electrons. The molecule has 3 N–H and O–H groups in total. The topological polar surface area (TPSA) is 78.7 Å². The molecule has 1 aliphatic heterocycles. The van der Waals surface area contributed by atoms with Gasteiger partial charge in [-0.3, -0.25) is 4.79 Å². The predicted molar refractivity (Wildman–Crippen MR) is 85.2 cm³/mol. The zero-order valence-corrected chi connectivity index (χ0v) is 12.7. The molecule has 3 amide bonds. The summed E-state index contributed by atoms with van der Waals surface area (Å²) < 4.78 is 0. The Morgan fingerprint density at radius 2 is 2.00 bits per heavy atom. The highest BCUT2D eigenvalue weighted by Crippen LogP contribution is 2.11. The van der Waals surface area contributed by atoms with Crippen molar-refractivity contribution in [2.45, 2.75) is 6.42 Å². The van der Waals surface area contributed by atoms with E-state index in [1.54, 1.807) is 41.1 Å². The van der Waals surface area contributed by atoms with Gasteiger partial charge in [0, 0.05) is 44.4 Å². The molecule has 0 spiro atoms. The van der Waals surface area contributed by atoms with Gasteiger partial charge >= 0.3 is 6.03 Å². The van der Waals surface area contributed by atoms with Crippen LogP contribution in [0.1, 0.15) is 12.0 Å². The van der Waals surface area contributed by atoms with Crippen LogP contribution in [0.15, 0.2) is 24.3 Å². The van der Waals surface area contributed by atoms with Gasteiger partial charge in [0.1, 0.15) is 4.99 Å². The Labute approximate surface area is 128 Å². The fourth-order valence-electron chi connectivity index (χ4n) is 2.09. The number of rotatable bonds is 5. The number of hydrogen-bond donors (Lipinski definition) is 2. The Morgan fingerprint density at radius 1 is 1.33 bits per heavy atom. The van der Waals surface area contributed by atoms with Crippen molar-refractivity contribution in [2.24, 2.45) is 5.73 Å². The molecule has 1 aromatic carbocycles. The lowest BCUT2D eigenvalue weighted by molar-refractivity contribution is -0.116. The van der Waals surface area contributed by atoms with Gasteiger partial charge in [-0.25, -0.2) is 4.79 Å². The van der Waals surface area contributed by atoms with Gasteiger partial charge in [-0.15, -0.1) is 0 Å². The van der Waals surface area contributed by atoms with E-state index in [9.17, 15) is 9.59 Å². The van der Waals surface area contributed by atoms with Crippen LogP contribution in [-0.4, -0.2) is 53.4 Å². The predicted octanol–water partition coefficient (Wildman–Crippen LogP) is 1.02. The van der Waals surface area contributed by atoms with Crippen LogP contribution in [0.4, 0.5) is 10.5 Å². The third kappa shape index (κ3) is 3.91. The molecule has 1 fully saturated rings. The van der Waals surface area contributed by atoms with Crippen molar-refractivity contribution in [1.29, 1.82) is 0 Å². The van der Waals surface area contributed by atoms with E-state index in [-0.39, 0.29) is 18.4 Å². The van der Waals surface area contributed by atoms with Crippen LogP contribution in [0.25, 0.3) is 0 Å². The maximum atomic E-state index is 11.9. The highest BCUT2D eigenvalue weighted by Gasteiger charge is 2.25. The molecule has 2 rings (SSSR count). The smallest absolute Gasteiger partial charge is 0.319 e. The van der Waals surface area contributed by atoms with E-state index in [2.05, 4.69) is 5.32 Å². The average molecular weight is 306 g/mol. The number of nitrogens with zero attached hydrogens (tertiary/aromatic N) is 2. The van der Waals surface area contributed by atoms with Gasteiger partial charge in [-0.1, -0.05) is 12.2 Å². The summed E-state index contributed by atoms with van der Waals surface area (Å²) in [6, 6.07) is 7.00. The van der Waals surface area contributed by atoms with Crippen LogP contribution < -0.4 is 11.1 Å². The summed E-state index contributed by atoms with van der Waals surface area (Å²) in [4.78, 5) is 27.2. The number of thiocarbonyl (C=S) groups is 1. The number of carbonyl (C=O) groups excluding carboxylic acids is 2. The Balaban J connectivity index is 1.82. The maximum Gasteiger partial charge on any atom is 0.319 e. The quantitative estimate of drug-likeness (QED) is 0.796.